The van der Waals surface area contributed by atoms with E-state index in [2.05, 4.69) is 20.6 Å². The summed E-state index contributed by atoms with van der Waals surface area (Å²) < 4.78 is 36.0. The van der Waals surface area contributed by atoms with Gasteiger partial charge in [-0.1, -0.05) is 11.6 Å². The molecule has 5 rings (SSSR count). The number of piperazine rings is 2. The first-order valence-corrected chi connectivity index (χ1v) is 15.3. The minimum atomic E-state index is -1.21. The van der Waals surface area contributed by atoms with Crippen LogP contribution in [0.3, 0.4) is 0 Å². The van der Waals surface area contributed by atoms with Crippen LogP contribution in [-0.2, 0) is 7.05 Å². The van der Waals surface area contributed by atoms with E-state index in [0.29, 0.717) is 68.7 Å². The molecule has 13 nitrogen and oxygen atoms in total. The number of carbonyl (C=O) groups excluding carboxylic acids is 2. The SMILES string of the molecule is CN=C(Nc1ccc(C(=O)N2CCN(C(=O)N3CCN[C@@H](CO)C3)CC2)c(Cl)c1)c1ncc(-c2ccc(OCC#N)c(F)c2F)n1C. The first-order chi connectivity index (χ1) is 22.7. The number of imidazole rings is 1. The molecule has 0 radical (unpaired) electrons. The average molecular weight is 670 g/mol. The summed E-state index contributed by atoms with van der Waals surface area (Å²) in [4.78, 5) is 40.1. The Morgan fingerprint density at radius 1 is 1.15 bits per heavy atom. The molecule has 2 aromatic carbocycles. The Morgan fingerprint density at radius 2 is 1.89 bits per heavy atom. The number of anilines is 1. The number of benzene rings is 2. The van der Waals surface area contributed by atoms with Gasteiger partial charge >= 0.3 is 6.03 Å². The third-order valence-corrected chi connectivity index (χ3v) is 8.40. The van der Waals surface area contributed by atoms with E-state index in [1.165, 1.54) is 25.4 Å². The molecule has 3 N–H and O–H groups in total. The highest BCUT2D eigenvalue weighted by Gasteiger charge is 2.31. The van der Waals surface area contributed by atoms with Crippen LogP contribution in [0.2, 0.25) is 5.02 Å². The number of aliphatic hydroxyl groups excluding tert-OH is 1. The lowest BCUT2D eigenvalue weighted by molar-refractivity contribution is 0.0621. The molecule has 0 spiro atoms. The smallest absolute Gasteiger partial charge is 0.320 e. The van der Waals surface area contributed by atoms with Crippen molar-refractivity contribution in [1.29, 1.82) is 5.26 Å². The molecule has 2 aliphatic heterocycles. The number of amides is 3. The number of hydrogen-bond donors (Lipinski definition) is 3. The zero-order chi connectivity index (χ0) is 33.7. The number of urea groups is 1. The van der Waals surface area contributed by atoms with Crippen LogP contribution in [0.4, 0.5) is 19.3 Å². The largest absolute Gasteiger partial charge is 0.476 e. The van der Waals surface area contributed by atoms with Gasteiger partial charge in [-0.3, -0.25) is 9.79 Å². The molecule has 47 heavy (non-hydrogen) atoms. The van der Waals surface area contributed by atoms with Crippen molar-refractivity contribution in [2.75, 3.05) is 71.4 Å². The molecule has 1 aromatic heterocycles. The number of nitrogens with zero attached hydrogens (tertiary/aromatic N) is 7. The van der Waals surface area contributed by atoms with Crippen LogP contribution in [0.1, 0.15) is 16.2 Å². The van der Waals surface area contributed by atoms with Crippen LogP contribution in [-0.4, -0.2) is 119 Å². The molecule has 0 saturated carbocycles. The van der Waals surface area contributed by atoms with Gasteiger partial charge in [-0.15, -0.1) is 0 Å². The van der Waals surface area contributed by atoms with Gasteiger partial charge in [-0.05, 0) is 30.3 Å². The summed E-state index contributed by atoms with van der Waals surface area (Å²) in [6.45, 7) is 2.61. The third-order valence-electron chi connectivity index (χ3n) is 8.08. The van der Waals surface area contributed by atoms with E-state index in [1.54, 1.807) is 50.6 Å². The summed E-state index contributed by atoms with van der Waals surface area (Å²) in [6, 6.07) is 8.91. The number of nitriles is 1. The van der Waals surface area contributed by atoms with Gasteiger partial charge in [0.05, 0.1) is 29.1 Å². The van der Waals surface area contributed by atoms with Crippen LogP contribution in [0.5, 0.6) is 5.75 Å². The lowest BCUT2D eigenvalue weighted by atomic mass is 10.1. The first kappa shape index (κ1) is 33.6. The van der Waals surface area contributed by atoms with Crippen LogP contribution < -0.4 is 15.4 Å². The number of rotatable bonds is 7. The average Bonchev–Trinajstić information content (AvgIpc) is 3.47. The Labute approximate surface area is 275 Å². The minimum Gasteiger partial charge on any atom is -0.476 e. The second-order valence-electron chi connectivity index (χ2n) is 10.9. The zero-order valence-corrected chi connectivity index (χ0v) is 26.6. The van der Waals surface area contributed by atoms with Gasteiger partial charge in [0.15, 0.2) is 29.8 Å². The molecular weight excluding hydrogens is 636 g/mol. The maximum absolute atomic E-state index is 14.9. The molecule has 3 amide bonds. The van der Waals surface area contributed by atoms with E-state index >= 15 is 0 Å². The van der Waals surface area contributed by atoms with Crippen molar-refractivity contribution >= 4 is 35.1 Å². The molecule has 0 unspecified atom stereocenters. The fraction of sp³-hybridized carbons (Fsp3) is 0.387. The van der Waals surface area contributed by atoms with Crippen LogP contribution in [0.25, 0.3) is 11.3 Å². The molecule has 3 aromatic rings. The van der Waals surface area contributed by atoms with Crippen molar-refractivity contribution < 1.29 is 28.2 Å². The second-order valence-corrected chi connectivity index (χ2v) is 11.4. The maximum Gasteiger partial charge on any atom is 0.320 e. The number of carbonyl (C=O) groups is 2. The predicted molar refractivity (Wildman–Crippen MR) is 171 cm³/mol. The Balaban J connectivity index is 1.23. The van der Waals surface area contributed by atoms with Gasteiger partial charge in [0.1, 0.15) is 6.07 Å². The number of nitrogens with one attached hydrogen (secondary N) is 2. The van der Waals surface area contributed by atoms with Crippen molar-refractivity contribution in [2.24, 2.45) is 12.0 Å². The van der Waals surface area contributed by atoms with Crippen LogP contribution >= 0.6 is 11.6 Å². The zero-order valence-electron chi connectivity index (χ0n) is 25.8. The number of halogens is 3. The molecule has 16 heteroatoms. The molecule has 248 valence electrons. The molecule has 2 saturated heterocycles. The van der Waals surface area contributed by atoms with Crippen molar-refractivity contribution in [3.63, 3.8) is 0 Å². The van der Waals surface area contributed by atoms with Crippen molar-refractivity contribution in [3.05, 3.63) is 64.6 Å². The van der Waals surface area contributed by atoms with E-state index in [0.717, 1.165) is 0 Å². The summed E-state index contributed by atoms with van der Waals surface area (Å²) in [5, 5.41) is 24.6. The van der Waals surface area contributed by atoms with E-state index in [1.807, 2.05) is 0 Å². The van der Waals surface area contributed by atoms with Crippen molar-refractivity contribution in [1.82, 2.24) is 29.6 Å². The number of amidine groups is 1. The number of ether oxygens (including phenoxy) is 1. The second kappa shape index (κ2) is 14.8. The molecule has 0 bridgehead atoms. The molecule has 0 aliphatic carbocycles. The van der Waals surface area contributed by atoms with Gasteiger partial charge in [-0.25, -0.2) is 14.2 Å². The number of aliphatic imine (C=N–C) groups is 1. The van der Waals surface area contributed by atoms with Gasteiger partial charge in [0.25, 0.3) is 5.91 Å². The first-order valence-electron chi connectivity index (χ1n) is 14.9. The third kappa shape index (κ3) is 7.14. The van der Waals surface area contributed by atoms with E-state index in [-0.39, 0.29) is 46.6 Å². The number of aromatic nitrogens is 2. The summed E-state index contributed by atoms with van der Waals surface area (Å²) >= 11 is 6.57. The summed E-state index contributed by atoms with van der Waals surface area (Å²) in [5.74, 6) is -2.36. The topological polar surface area (TPSA) is 151 Å². The maximum atomic E-state index is 14.9. The molecular formula is C31H34ClF2N9O4. The highest BCUT2D eigenvalue weighted by molar-refractivity contribution is 6.34. The fourth-order valence-corrected chi connectivity index (χ4v) is 5.80. The molecule has 2 fully saturated rings. The lowest BCUT2D eigenvalue weighted by Crippen LogP contribution is -2.59. The fourth-order valence-electron chi connectivity index (χ4n) is 5.54. The summed E-state index contributed by atoms with van der Waals surface area (Å²) in [6.07, 6.45) is 1.38. The molecule has 1 atom stereocenters. The van der Waals surface area contributed by atoms with E-state index in [4.69, 9.17) is 21.6 Å². The van der Waals surface area contributed by atoms with Gasteiger partial charge in [-0.2, -0.15) is 9.65 Å². The Kier molecular flexibility index (Phi) is 10.5. The standard InChI is InChI=1S/C31H34ClF2N9O4/c1-36-28(29-38-16-24(40(29)2)22-5-6-25(47-14-7-35)27(34)26(22)33)39-19-3-4-21(23(32)15-19)30(45)41-10-12-42(13-11-41)31(46)43-9-8-37-20(17-43)18-44/h3-6,15-16,20,37,44H,8-14,17-18H2,1-2H3,(H,36,39)/t20-/m1/s1. The summed E-state index contributed by atoms with van der Waals surface area (Å²) in [7, 11) is 3.16. The number of hydrogen-bond acceptors (Lipinski definition) is 8. The van der Waals surface area contributed by atoms with Crippen molar-refractivity contribution in [2.45, 2.75) is 6.04 Å². The van der Waals surface area contributed by atoms with Crippen LogP contribution in [0.15, 0.2) is 41.5 Å². The Morgan fingerprint density at radius 3 is 2.57 bits per heavy atom. The van der Waals surface area contributed by atoms with E-state index < -0.39 is 18.2 Å². The molecule has 3 heterocycles. The minimum absolute atomic E-state index is 0.0428. The monoisotopic (exact) mass is 669 g/mol. The summed E-state index contributed by atoms with van der Waals surface area (Å²) in [5.41, 5.74) is 1.03. The quantitative estimate of drug-likeness (QED) is 0.257. The number of aliphatic hydroxyl groups is 1. The van der Waals surface area contributed by atoms with E-state index in [9.17, 15) is 23.5 Å². The predicted octanol–water partition coefficient (Wildman–Crippen LogP) is 2.55. The van der Waals surface area contributed by atoms with Crippen molar-refractivity contribution in [3.8, 4) is 23.1 Å². The van der Waals surface area contributed by atoms with Gasteiger partial charge < -0.3 is 39.7 Å². The Hall–Kier alpha value is -4.78. The Bertz CT molecular complexity index is 1720. The lowest BCUT2D eigenvalue weighted by Gasteiger charge is -2.40. The van der Waals surface area contributed by atoms with Crippen LogP contribution in [0, 0.1) is 23.0 Å². The highest BCUT2D eigenvalue weighted by atomic mass is 35.5. The van der Waals surface area contributed by atoms with Gasteiger partial charge in [0.2, 0.25) is 5.82 Å². The van der Waals surface area contributed by atoms with Gasteiger partial charge in [0, 0.05) is 77.2 Å². The highest BCUT2D eigenvalue weighted by Crippen LogP contribution is 2.31. The normalized spacial score (nSPS) is 17.0. The molecule has 2 aliphatic rings.